The number of likely N-dealkylation sites (tertiary alicyclic amines) is 1. The summed E-state index contributed by atoms with van der Waals surface area (Å²) in [6.07, 6.45) is 5.21. The molecule has 2 bridgehead atoms. The number of fused-ring (bicyclic) bond motifs is 4. The molecule has 5 atom stereocenters. The number of aryl methyl sites for hydroxylation is 3. The van der Waals surface area contributed by atoms with E-state index in [-0.39, 0.29) is 58.6 Å². The molecule has 1 N–H and O–H groups in total. The summed E-state index contributed by atoms with van der Waals surface area (Å²) >= 11 is 13.1. The first kappa shape index (κ1) is 33.4. The molecule has 5 fully saturated rings. The first-order chi connectivity index (χ1) is 25.1. The number of carbonyl (C=O) groups is 1. The van der Waals surface area contributed by atoms with Crippen LogP contribution in [-0.4, -0.2) is 50.2 Å². The predicted octanol–water partition coefficient (Wildman–Crippen LogP) is 7.43. The Balaban J connectivity index is 1.25. The topological polar surface area (TPSA) is 105 Å². The first-order valence-electron chi connectivity index (χ1n) is 18.0. The van der Waals surface area contributed by atoms with E-state index in [1.807, 2.05) is 17.9 Å². The van der Waals surface area contributed by atoms with Crippen molar-refractivity contribution in [3.05, 3.63) is 91.8 Å². The first-order valence-corrected chi connectivity index (χ1v) is 18.7. The second-order valence-corrected chi connectivity index (χ2v) is 15.6. The van der Waals surface area contributed by atoms with E-state index in [1.165, 1.54) is 10.6 Å². The summed E-state index contributed by atoms with van der Waals surface area (Å²) in [6.45, 7) is 3.20. The summed E-state index contributed by atoms with van der Waals surface area (Å²) in [4.78, 5) is 33.3. The van der Waals surface area contributed by atoms with E-state index in [0.717, 1.165) is 42.4 Å². The maximum atomic E-state index is 17.2. The fraction of sp³-hybridized carbons (Fsp3) is 0.400. The number of rotatable bonds is 8. The summed E-state index contributed by atoms with van der Waals surface area (Å²) in [5.74, 6) is 0.493. The number of aromatic nitrogens is 3. The number of nitrogens with zero attached hydrogens (tertiary/aromatic N) is 5. The van der Waals surface area contributed by atoms with Gasteiger partial charge in [0.2, 0.25) is 5.91 Å². The number of nitrogens with one attached hydrogen (secondary N) is 1. The lowest BCUT2D eigenvalue weighted by Crippen LogP contribution is -2.41. The van der Waals surface area contributed by atoms with Gasteiger partial charge in [-0.25, -0.2) is 9.37 Å². The van der Waals surface area contributed by atoms with Crippen LogP contribution in [0.5, 0.6) is 5.75 Å². The number of hydrogen-bond donors (Lipinski definition) is 1. The molecule has 6 heterocycles. The van der Waals surface area contributed by atoms with Crippen molar-refractivity contribution < 1.29 is 13.9 Å². The number of benzene rings is 2. The van der Waals surface area contributed by atoms with Gasteiger partial charge in [-0.15, -0.1) is 0 Å². The van der Waals surface area contributed by atoms with Crippen LogP contribution in [-0.2, 0) is 18.3 Å². The molecule has 0 spiro atoms. The van der Waals surface area contributed by atoms with Gasteiger partial charge in [-0.3, -0.25) is 9.59 Å². The molecule has 3 saturated heterocycles. The molecule has 0 unspecified atom stereocenters. The smallest absolute Gasteiger partial charge is 0.253 e. The average Bonchev–Trinajstić information content (AvgIpc) is 3.41. The highest BCUT2D eigenvalue weighted by Crippen LogP contribution is 2.51. The van der Waals surface area contributed by atoms with Gasteiger partial charge in [-0.1, -0.05) is 35.3 Å². The molecule has 9 nitrogen and oxygen atoms in total. The van der Waals surface area contributed by atoms with Crippen LogP contribution in [0.3, 0.4) is 0 Å². The van der Waals surface area contributed by atoms with Gasteiger partial charge in [-0.05, 0) is 68.4 Å². The molecule has 0 radical (unpaired) electrons. The number of hydrogen-bond acceptors (Lipinski definition) is 6. The van der Waals surface area contributed by atoms with Crippen molar-refractivity contribution >= 4 is 50.9 Å². The predicted molar refractivity (Wildman–Crippen MR) is 198 cm³/mol. The van der Waals surface area contributed by atoms with Crippen LogP contribution in [0.25, 0.3) is 32.9 Å². The highest BCUT2D eigenvalue weighted by molar-refractivity contribution is 6.43. The molecular formula is C40H37Cl2FN6O3. The Bertz CT molecular complexity index is 2400. The summed E-state index contributed by atoms with van der Waals surface area (Å²) in [5.41, 5.74) is 4.03. The van der Waals surface area contributed by atoms with Gasteiger partial charge in [0.15, 0.2) is 5.82 Å². The van der Waals surface area contributed by atoms with Crippen molar-refractivity contribution in [2.45, 2.75) is 69.7 Å². The Hall–Kier alpha value is -4.43. The number of halogens is 3. The third kappa shape index (κ3) is 5.31. The second-order valence-electron chi connectivity index (χ2n) is 14.8. The second kappa shape index (κ2) is 12.6. The Labute approximate surface area is 309 Å². The quantitative estimate of drug-likeness (QED) is 0.178. The fourth-order valence-electron chi connectivity index (χ4n) is 8.87. The van der Waals surface area contributed by atoms with Gasteiger partial charge in [-0.2, -0.15) is 5.26 Å². The van der Waals surface area contributed by atoms with Gasteiger partial charge >= 0.3 is 0 Å². The van der Waals surface area contributed by atoms with Crippen molar-refractivity contribution in [3.63, 3.8) is 0 Å². The monoisotopic (exact) mass is 738 g/mol. The van der Waals surface area contributed by atoms with Crippen LogP contribution >= 0.6 is 23.2 Å². The lowest BCUT2D eigenvalue weighted by Gasteiger charge is -2.39. The van der Waals surface area contributed by atoms with E-state index >= 15 is 4.39 Å². The van der Waals surface area contributed by atoms with Crippen molar-refractivity contribution in [3.8, 4) is 22.9 Å². The molecule has 10 rings (SSSR count). The molecule has 3 aliphatic heterocycles. The molecule has 2 aromatic carbocycles. The SMILES string of the molecule is Cc1nc2c(F)c(-c3cccc(Cl)c3Cl)c(CCC#N)cc2c2c1cc([C@H]1C[C@H](Oc3ccn(C)c(=O)c3)CN1C(=O)C1CC1)n2[C@H]1[C@H]2CN[C@@H]1C2. The Morgan fingerprint density at radius 2 is 1.98 bits per heavy atom. The number of nitriles is 1. The van der Waals surface area contributed by atoms with Gasteiger partial charge in [0.05, 0.1) is 40.3 Å². The summed E-state index contributed by atoms with van der Waals surface area (Å²) in [7, 11) is 1.70. The number of ether oxygens (including phenoxy) is 1. The zero-order valence-electron chi connectivity index (χ0n) is 28.8. The lowest BCUT2D eigenvalue weighted by atomic mass is 9.79. The van der Waals surface area contributed by atoms with Crippen molar-refractivity contribution in [1.82, 2.24) is 24.3 Å². The third-order valence-corrected chi connectivity index (χ3v) is 12.4. The van der Waals surface area contributed by atoms with E-state index in [0.29, 0.717) is 63.8 Å². The van der Waals surface area contributed by atoms with E-state index in [9.17, 15) is 14.9 Å². The molecule has 266 valence electrons. The van der Waals surface area contributed by atoms with Gasteiger partial charge in [0, 0.05) is 83.9 Å². The maximum absolute atomic E-state index is 17.2. The number of amides is 1. The van der Waals surface area contributed by atoms with Gasteiger partial charge in [0.1, 0.15) is 17.4 Å². The van der Waals surface area contributed by atoms with Crippen LogP contribution in [0.15, 0.2) is 53.5 Å². The molecule has 2 saturated carbocycles. The van der Waals surface area contributed by atoms with E-state index < -0.39 is 5.82 Å². The summed E-state index contributed by atoms with van der Waals surface area (Å²) in [5, 5.41) is 15.4. The Morgan fingerprint density at radius 3 is 2.69 bits per heavy atom. The highest BCUT2D eigenvalue weighted by Gasteiger charge is 2.51. The summed E-state index contributed by atoms with van der Waals surface area (Å²) < 4.78 is 27.5. The van der Waals surface area contributed by atoms with Crippen molar-refractivity contribution in [1.29, 1.82) is 5.26 Å². The summed E-state index contributed by atoms with van der Waals surface area (Å²) in [6, 6.07) is 14.8. The fourth-order valence-corrected chi connectivity index (χ4v) is 9.26. The maximum Gasteiger partial charge on any atom is 0.253 e. The Kier molecular flexibility index (Phi) is 8.10. The highest BCUT2D eigenvalue weighted by atomic mass is 35.5. The van der Waals surface area contributed by atoms with Crippen molar-refractivity contribution in [2.75, 3.05) is 13.1 Å². The number of pyridine rings is 2. The Morgan fingerprint density at radius 1 is 1.15 bits per heavy atom. The van der Waals surface area contributed by atoms with Crippen LogP contribution in [0, 0.1) is 35.9 Å². The standard InChI is InChI=1S/C40H37Cl2FN6O3/c1-20-27-17-32(31-15-25(19-48(31)40(51)21-8-9-21)52-24-10-12-47(2)33(50)16-24)49(38-23-14-30(38)45-18-23)39(27)28-13-22(5-4-11-44)34(36(43)37(28)46-20)26-6-3-7-29(41)35(26)42/h3,6-7,10,12-13,16-17,21,23,25,30-31,38,45H,4-5,8-9,14-15,18-19H2,1-2H3/t23-,25+,30-,31-,38+/m1/s1. The minimum atomic E-state index is -0.502. The van der Waals surface area contributed by atoms with E-state index in [4.69, 9.17) is 32.9 Å². The normalized spacial score (nSPS) is 23.7. The molecule has 5 aliphatic rings. The minimum absolute atomic E-state index is 0.00223. The van der Waals surface area contributed by atoms with E-state index in [2.05, 4.69) is 22.0 Å². The third-order valence-electron chi connectivity index (χ3n) is 11.6. The van der Waals surface area contributed by atoms with Crippen molar-refractivity contribution in [2.24, 2.45) is 18.9 Å². The van der Waals surface area contributed by atoms with Crippen LogP contribution < -0.4 is 15.6 Å². The van der Waals surface area contributed by atoms with Crippen LogP contribution in [0.1, 0.15) is 61.1 Å². The molecule has 3 aromatic heterocycles. The zero-order valence-corrected chi connectivity index (χ0v) is 30.3. The molecule has 5 aromatic rings. The average molecular weight is 740 g/mol. The zero-order chi connectivity index (χ0) is 36.0. The van der Waals surface area contributed by atoms with Crippen LogP contribution in [0.2, 0.25) is 10.0 Å². The molecule has 12 heteroatoms. The number of carbonyl (C=O) groups excluding carboxylic acids is 1. The minimum Gasteiger partial charge on any atom is -0.488 e. The molecular weight excluding hydrogens is 702 g/mol. The molecule has 52 heavy (non-hydrogen) atoms. The van der Waals surface area contributed by atoms with E-state index in [1.54, 1.807) is 37.5 Å². The largest absolute Gasteiger partial charge is 0.488 e. The lowest BCUT2D eigenvalue weighted by molar-refractivity contribution is -0.133. The molecule has 1 amide bonds. The van der Waals surface area contributed by atoms with Gasteiger partial charge in [0.25, 0.3) is 5.56 Å². The van der Waals surface area contributed by atoms with Crippen LogP contribution in [0.4, 0.5) is 4.39 Å². The van der Waals surface area contributed by atoms with Gasteiger partial charge < -0.3 is 24.1 Å². The molecule has 2 aliphatic carbocycles.